The van der Waals surface area contributed by atoms with Crippen LogP contribution in [0.1, 0.15) is 5.76 Å². The third kappa shape index (κ3) is 4.20. The molecule has 0 atom stereocenters. The molecule has 1 aliphatic rings. The summed E-state index contributed by atoms with van der Waals surface area (Å²) in [5, 5.41) is 12.4. The highest BCUT2D eigenvalue weighted by atomic mass is 35.5. The van der Waals surface area contributed by atoms with E-state index in [1.54, 1.807) is 30.3 Å². The van der Waals surface area contributed by atoms with E-state index in [9.17, 15) is 10.1 Å². The molecule has 26 heavy (non-hydrogen) atoms. The molecule has 1 aromatic carbocycles. The molecule has 6 nitrogen and oxygen atoms in total. The number of nitriles is 1. The van der Waals surface area contributed by atoms with E-state index < -0.39 is 5.91 Å². The number of rotatable bonds is 4. The molecule has 1 fully saturated rings. The minimum atomic E-state index is -0.596. The van der Waals surface area contributed by atoms with Crippen LogP contribution in [0.3, 0.4) is 0 Å². The normalized spacial score (nSPS) is 14.8. The minimum Gasteiger partial charge on any atom is -0.441 e. The zero-order chi connectivity index (χ0) is 18.5. The van der Waals surface area contributed by atoms with Gasteiger partial charge in [0.25, 0.3) is 5.91 Å². The SMILES string of the molecule is N#C/C(=C/c1ccc(N2CCOCC2)o1)C(=O)Nc1cccc(Cl)c1Cl. The van der Waals surface area contributed by atoms with Crippen molar-refractivity contribution in [2.75, 3.05) is 36.5 Å². The monoisotopic (exact) mass is 391 g/mol. The van der Waals surface area contributed by atoms with Crippen LogP contribution in [0.4, 0.5) is 11.6 Å². The average molecular weight is 392 g/mol. The van der Waals surface area contributed by atoms with Gasteiger partial charge in [0, 0.05) is 25.2 Å². The van der Waals surface area contributed by atoms with Gasteiger partial charge in [-0.05, 0) is 18.2 Å². The summed E-state index contributed by atoms with van der Waals surface area (Å²) >= 11 is 12.0. The van der Waals surface area contributed by atoms with Gasteiger partial charge in [0.15, 0.2) is 5.88 Å². The van der Waals surface area contributed by atoms with Gasteiger partial charge in [-0.3, -0.25) is 4.79 Å². The van der Waals surface area contributed by atoms with Crippen LogP contribution in [0.2, 0.25) is 10.0 Å². The van der Waals surface area contributed by atoms with Gasteiger partial charge in [-0.15, -0.1) is 0 Å². The average Bonchev–Trinajstić information content (AvgIpc) is 3.13. The fourth-order valence-electron chi connectivity index (χ4n) is 2.45. The first-order valence-electron chi connectivity index (χ1n) is 7.88. The van der Waals surface area contributed by atoms with Crippen molar-refractivity contribution in [1.82, 2.24) is 0 Å². The molecular formula is C18H15Cl2N3O3. The fourth-order valence-corrected chi connectivity index (χ4v) is 2.80. The Balaban J connectivity index is 1.75. The second-order valence-corrected chi connectivity index (χ2v) is 6.29. The van der Waals surface area contributed by atoms with Crippen LogP contribution < -0.4 is 10.2 Å². The molecule has 2 aromatic rings. The largest absolute Gasteiger partial charge is 0.441 e. The Kier molecular flexibility index (Phi) is 5.84. The first-order valence-corrected chi connectivity index (χ1v) is 8.64. The lowest BCUT2D eigenvalue weighted by Gasteiger charge is -2.26. The number of carbonyl (C=O) groups excluding carboxylic acids is 1. The number of nitrogens with zero attached hydrogens (tertiary/aromatic N) is 2. The predicted octanol–water partition coefficient (Wildman–Crippen LogP) is 3.97. The lowest BCUT2D eigenvalue weighted by Crippen LogP contribution is -2.35. The van der Waals surface area contributed by atoms with Crippen molar-refractivity contribution in [3.05, 3.63) is 51.7 Å². The molecular weight excluding hydrogens is 377 g/mol. The minimum absolute atomic E-state index is 0.107. The van der Waals surface area contributed by atoms with E-state index in [-0.39, 0.29) is 10.6 Å². The number of carbonyl (C=O) groups is 1. The van der Waals surface area contributed by atoms with Gasteiger partial charge in [-0.1, -0.05) is 29.3 Å². The fraction of sp³-hybridized carbons (Fsp3) is 0.222. The van der Waals surface area contributed by atoms with Gasteiger partial charge in [0.1, 0.15) is 17.4 Å². The smallest absolute Gasteiger partial charge is 0.266 e. The summed E-state index contributed by atoms with van der Waals surface area (Å²) in [6, 6.07) is 10.2. The van der Waals surface area contributed by atoms with Crippen molar-refractivity contribution in [2.24, 2.45) is 0 Å². The summed E-state index contributed by atoms with van der Waals surface area (Å²) in [5.41, 5.74) is 0.225. The molecule has 8 heteroatoms. The maximum atomic E-state index is 12.3. The number of benzene rings is 1. The van der Waals surface area contributed by atoms with Crippen LogP contribution in [0.25, 0.3) is 6.08 Å². The van der Waals surface area contributed by atoms with Crippen molar-refractivity contribution in [3.63, 3.8) is 0 Å². The molecule has 1 amide bonds. The van der Waals surface area contributed by atoms with Crippen LogP contribution in [-0.4, -0.2) is 32.2 Å². The Bertz CT molecular complexity index is 880. The van der Waals surface area contributed by atoms with Gasteiger partial charge in [0.05, 0.1) is 28.9 Å². The molecule has 1 saturated heterocycles. The third-order valence-electron chi connectivity index (χ3n) is 3.79. The zero-order valence-corrected chi connectivity index (χ0v) is 15.2. The number of halogens is 2. The molecule has 1 N–H and O–H groups in total. The first kappa shape index (κ1) is 18.3. The molecule has 0 radical (unpaired) electrons. The van der Waals surface area contributed by atoms with Crippen molar-refractivity contribution in [1.29, 1.82) is 5.26 Å². The zero-order valence-electron chi connectivity index (χ0n) is 13.7. The number of amides is 1. The second kappa shape index (κ2) is 8.28. The van der Waals surface area contributed by atoms with Crippen LogP contribution in [0.5, 0.6) is 0 Å². The summed E-state index contributed by atoms with van der Waals surface area (Å²) in [7, 11) is 0. The maximum absolute atomic E-state index is 12.3. The molecule has 1 aliphatic heterocycles. The molecule has 1 aromatic heterocycles. The van der Waals surface area contributed by atoms with Gasteiger partial charge in [-0.25, -0.2) is 0 Å². The van der Waals surface area contributed by atoms with Gasteiger partial charge < -0.3 is 19.4 Å². The molecule has 2 heterocycles. The predicted molar refractivity (Wildman–Crippen MR) is 100 cm³/mol. The van der Waals surface area contributed by atoms with Crippen LogP contribution in [0.15, 0.2) is 40.3 Å². The number of nitrogens with one attached hydrogen (secondary N) is 1. The van der Waals surface area contributed by atoms with Crippen molar-refractivity contribution in [3.8, 4) is 6.07 Å². The molecule has 0 bridgehead atoms. The number of hydrogen-bond donors (Lipinski definition) is 1. The summed E-state index contributed by atoms with van der Waals surface area (Å²) in [4.78, 5) is 14.4. The standard InChI is InChI=1S/C18H15Cl2N3O3/c19-14-2-1-3-15(17(14)20)22-18(24)12(11-21)10-13-4-5-16(26-13)23-6-8-25-9-7-23/h1-5,10H,6-9H2,(H,22,24)/b12-10-. The molecule has 0 aliphatic carbocycles. The lowest BCUT2D eigenvalue weighted by molar-refractivity contribution is -0.112. The lowest BCUT2D eigenvalue weighted by atomic mass is 10.2. The van der Waals surface area contributed by atoms with Crippen LogP contribution >= 0.6 is 23.2 Å². The number of anilines is 2. The van der Waals surface area contributed by atoms with E-state index in [2.05, 4.69) is 5.32 Å². The van der Waals surface area contributed by atoms with E-state index in [1.807, 2.05) is 11.0 Å². The first-order chi connectivity index (χ1) is 12.6. The quantitative estimate of drug-likeness (QED) is 0.629. The summed E-state index contributed by atoms with van der Waals surface area (Å²) in [6.07, 6.45) is 1.39. The maximum Gasteiger partial charge on any atom is 0.266 e. The van der Waals surface area contributed by atoms with E-state index in [0.29, 0.717) is 35.6 Å². The van der Waals surface area contributed by atoms with Gasteiger partial charge in [-0.2, -0.15) is 5.26 Å². The number of morpholine rings is 1. The van der Waals surface area contributed by atoms with Crippen molar-refractivity contribution in [2.45, 2.75) is 0 Å². The Labute approximate surface area is 160 Å². The van der Waals surface area contributed by atoms with Crippen LogP contribution in [0, 0.1) is 11.3 Å². The van der Waals surface area contributed by atoms with Gasteiger partial charge in [0.2, 0.25) is 0 Å². The Morgan fingerprint density at radius 1 is 1.23 bits per heavy atom. The van der Waals surface area contributed by atoms with E-state index in [0.717, 1.165) is 13.1 Å². The molecule has 134 valence electrons. The Morgan fingerprint density at radius 2 is 2.00 bits per heavy atom. The molecule has 0 spiro atoms. The van der Waals surface area contributed by atoms with Gasteiger partial charge >= 0.3 is 0 Å². The summed E-state index contributed by atoms with van der Waals surface area (Å²) < 4.78 is 11.0. The van der Waals surface area contributed by atoms with Crippen LogP contribution in [-0.2, 0) is 9.53 Å². The van der Waals surface area contributed by atoms with E-state index in [1.165, 1.54) is 6.08 Å². The third-order valence-corrected chi connectivity index (χ3v) is 4.61. The molecule has 0 saturated carbocycles. The highest BCUT2D eigenvalue weighted by molar-refractivity contribution is 6.44. The van der Waals surface area contributed by atoms with Crippen molar-refractivity contribution < 1.29 is 13.9 Å². The molecule has 3 rings (SSSR count). The van der Waals surface area contributed by atoms with E-state index in [4.69, 9.17) is 32.4 Å². The number of hydrogen-bond acceptors (Lipinski definition) is 5. The molecule has 0 unspecified atom stereocenters. The summed E-state index contributed by atoms with van der Waals surface area (Å²) in [6.45, 7) is 2.74. The highest BCUT2D eigenvalue weighted by Crippen LogP contribution is 2.30. The Hall–Kier alpha value is -2.46. The highest BCUT2D eigenvalue weighted by Gasteiger charge is 2.16. The number of furan rings is 1. The van der Waals surface area contributed by atoms with Crippen molar-refractivity contribution >= 4 is 46.8 Å². The Morgan fingerprint density at radius 3 is 2.73 bits per heavy atom. The second-order valence-electron chi connectivity index (χ2n) is 5.50. The summed E-state index contributed by atoms with van der Waals surface area (Å²) in [5.74, 6) is 0.492. The topological polar surface area (TPSA) is 78.5 Å². The number of ether oxygens (including phenoxy) is 1. The van der Waals surface area contributed by atoms with E-state index >= 15 is 0 Å².